The Kier molecular flexibility index (Phi) is 3.40. The predicted molar refractivity (Wildman–Crippen MR) is 68.8 cm³/mol. The van der Waals surface area contributed by atoms with Crippen LogP contribution in [0.25, 0.3) is 0 Å². The van der Waals surface area contributed by atoms with Gasteiger partial charge in [-0.3, -0.25) is 5.10 Å². The Hall–Kier alpha value is -0.850. The monoisotopic (exact) mass is 255 g/mol. The number of hydrogen-bond donors (Lipinski definition) is 2. The molecule has 0 saturated carbocycles. The maximum atomic E-state index is 4.97. The van der Waals surface area contributed by atoms with E-state index in [1.807, 2.05) is 24.5 Å². The first kappa shape index (κ1) is 10.7. The minimum absolute atomic E-state index is 0.680. The third-order valence-electron chi connectivity index (χ3n) is 1.79. The van der Waals surface area contributed by atoms with E-state index in [0.717, 1.165) is 10.8 Å². The van der Waals surface area contributed by atoms with Gasteiger partial charge >= 0.3 is 0 Å². The Balaban J connectivity index is 2.27. The van der Waals surface area contributed by atoms with E-state index in [2.05, 4.69) is 21.6 Å². The molecule has 0 bridgehead atoms. The first-order valence-electron chi connectivity index (χ1n) is 4.25. The van der Waals surface area contributed by atoms with Gasteiger partial charge in [0, 0.05) is 4.90 Å². The van der Waals surface area contributed by atoms with Crippen molar-refractivity contribution in [2.24, 2.45) is 0 Å². The van der Waals surface area contributed by atoms with Gasteiger partial charge in [0.15, 0.2) is 3.95 Å². The average Bonchev–Trinajstić information content (AvgIpc) is 2.65. The molecule has 0 amide bonds. The third-order valence-corrected chi connectivity index (χ3v) is 3.59. The number of anilines is 2. The maximum Gasteiger partial charge on any atom is 0.208 e. The van der Waals surface area contributed by atoms with Crippen LogP contribution in [0, 0.1) is 3.95 Å². The zero-order chi connectivity index (χ0) is 10.7. The molecule has 6 heteroatoms. The molecule has 0 aliphatic rings. The fraction of sp³-hybridized carbons (Fsp3) is 0.111. The number of aromatic amines is 1. The summed E-state index contributed by atoms with van der Waals surface area (Å²) in [5.41, 5.74) is 1.06. The van der Waals surface area contributed by atoms with Gasteiger partial charge in [-0.1, -0.05) is 23.5 Å². The van der Waals surface area contributed by atoms with Gasteiger partial charge in [-0.2, -0.15) is 0 Å². The van der Waals surface area contributed by atoms with E-state index in [4.69, 9.17) is 12.2 Å². The molecule has 15 heavy (non-hydrogen) atoms. The summed E-state index contributed by atoms with van der Waals surface area (Å²) in [5, 5.41) is 10.8. The molecule has 2 aromatic rings. The summed E-state index contributed by atoms with van der Waals surface area (Å²) in [7, 11) is 0. The fourth-order valence-electron chi connectivity index (χ4n) is 1.15. The second-order valence-corrected chi connectivity index (χ2v) is 5.26. The van der Waals surface area contributed by atoms with Crippen molar-refractivity contribution in [1.29, 1.82) is 0 Å². The first-order valence-corrected chi connectivity index (χ1v) is 6.70. The SMILES string of the molecule is CSc1ccccc1Nc1n[nH]c(=S)s1. The summed E-state index contributed by atoms with van der Waals surface area (Å²) >= 11 is 8.09. The van der Waals surface area contributed by atoms with Crippen LogP contribution in [0.1, 0.15) is 0 Å². The van der Waals surface area contributed by atoms with Crippen LogP contribution >= 0.6 is 35.3 Å². The third kappa shape index (κ3) is 2.58. The number of benzene rings is 1. The molecular weight excluding hydrogens is 246 g/mol. The number of thioether (sulfide) groups is 1. The van der Waals surface area contributed by atoms with E-state index >= 15 is 0 Å². The molecule has 0 aliphatic heterocycles. The second-order valence-electron chi connectivity index (χ2n) is 2.74. The number of hydrogen-bond acceptors (Lipinski definition) is 5. The van der Waals surface area contributed by atoms with Crippen LogP contribution in [0.5, 0.6) is 0 Å². The van der Waals surface area contributed by atoms with E-state index in [9.17, 15) is 0 Å². The summed E-state index contributed by atoms with van der Waals surface area (Å²) in [6.45, 7) is 0. The lowest BCUT2D eigenvalue weighted by Crippen LogP contribution is -1.91. The molecule has 1 aromatic carbocycles. The molecule has 0 unspecified atom stereocenters. The average molecular weight is 255 g/mol. The van der Waals surface area contributed by atoms with E-state index in [0.29, 0.717) is 3.95 Å². The van der Waals surface area contributed by atoms with Gasteiger partial charge < -0.3 is 5.32 Å². The number of aromatic nitrogens is 2. The van der Waals surface area contributed by atoms with Gasteiger partial charge in [-0.15, -0.1) is 16.9 Å². The van der Waals surface area contributed by atoms with Crippen molar-refractivity contribution >= 4 is 46.1 Å². The summed E-state index contributed by atoms with van der Waals surface area (Å²) in [6, 6.07) is 8.10. The van der Waals surface area contributed by atoms with Gasteiger partial charge in [0.2, 0.25) is 5.13 Å². The molecular formula is C9H9N3S3. The molecule has 1 heterocycles. The van der Waals surface area contributed by atoms with Crippen molar-refractivity contribution in [3.63, 3.8) is 0 Å². The lowest BCUT2D eigenvalue weighted by Gasteiger charge is -2.06. The number of rotatable bonds is 3. The van der Waals surface area contributed by atoms with E-state index in [-0.39, 0.29) is 0 Å². The lowest BCUT2D eigenvalue weighted by atomic mass is 10.3. The van der Waals surface area contributed by atoms with Gasteiger partial charge in [0.05, 0.1) is 5.69 Å². The highest BCUT2D eigenvalue weighted by atomic mass is 32.2. The van der Waals surface area contributed by atoms with Crippen molar-refractivity contribution in [3.8, 4) is 0 Å². The van der Waals surface area contributed by atoms with E-state index < -0.39 is 0 Å². The molecule has 2 N–H and O–H groups in total. The number of H-pyrrole nitrogens is 1. The van der Waals surface area contributed by atoms with Crippen molar-refractivity contribution in [2.75, 3.05) is 11.6 Å². The van der Waals surface area contributed by atoms with Gasteiger partial charge in [0.25, 0.3) is 0 Å². The van der Waals surface area contributed by atoms with Crippen LogP contribution in [0.4, 0.5) is 10.8 Å². The molecule has 0 saturated heterocycles. The zero-order valence-corrected chi connectivity index (χ0v) is 10.4. The van der Waals surface area contributed by atoms with Crippen molar-refractivity contribution < 1.29 is 0 Å². The van der Waals surface area contributed by atoms with Crippen LogP contribution in [0.3, 0.4) is 0 Å². The first-order chi connectivity index (χ1) is 7.29. The Bertz CT molecular complexity index is 503. The van der Waals surface area contributed by atoms with Crippen LogP contribution in [-0.4, -0.2) is 16.5 Å². The van der Waals surface area contributed by atoms with E-state index in [1.165, 1.54) is 16.2 Å². The van der Waals surface area contributed by atoms with Crippen LogP contribution < -0.4 is 5.32 Å². The van der Waals surface area contributed by atoms with Crippen LogP contribution in [-0.2, 0) is 0 Å². The standard InChI is InChI=1S/C9H9N3S3/c1-14-7-5-3-2-4-6(7)10-8-11-12-9(13)15-8/h2-5H,1H3,(H,10,11)(H,12,13). The van der Waals surface area contributed by atoms with E-state index in [1.54, 1.807) is 11.8 Å². The Morgan fingerprint density at radius 3 is 2.93 bits per heavy atom. The number of nitrogens with one attached hydrogen (secondary N) is 2. The fourth-order valence-corrected chi connectivity index (χ4v) is 2.50. The molecule has 0 atom stereocenters. The number of nitrogens with zero attached hydrogens (tertiary/aromatic N) is 1. The summed E-state index contributed by atoms with van der Waals surface area (Å²) in [6.07, 6.45) is 2.05. The van der Waals surface area contributed by atoms with Crippen LogP contribution in [0.15, 0.2) is 29.2 Å². The molecule has 0 radical (unpaired) electrons. The Morgan fingerprint density at radius 2 is 2.27 bits per heavy atom. The lowest BCUT2D eigenvalue weighted by molar-refractivity contribution is 1.08. The summed E-state index contributed by atoms with van der Waals surface area (Å²) in [5.74, 6) is 0. The Labute approximate surface area is 101 Å². The topological polar surface area (TPSA) is 40.7 Å². The predicted octanol–water partition coefficient (Wildman–Crippen LogP) is 3.67. The maximum absolute atomic E-state index is 4.97. The summed E-state index contributed by atoms with van der Waals surface area (Å²) < 4.78 is 0.680. The van der Waals surface area contributed by atoms with Gasteiger partial charge in [-0.25, -0.2) is 0 Å². The smallest absolute Gasteiger partial charge is 0.208 e. The minimum Gasteiger partial charge on any atom is -0.329 e. The minimum atomic E-state index is 0.680. The normalized spacial score (nSPS) is 10.2. The molecule has 2 rings (SSSR count). The molecule has 0 spiro atoms. The highest BCUT2D eigenvalue weighted by Gasteiger charge is 2.02. The molecule has 78 valence electrons. The quantitative estimate of drug-likeness (QED) is 0.648. The van der Waals surface area contributed by atoms with Crippen molar-refractivity contribution in [2.45, 2.75) is 4.90 Å². The highest BCUT2D eigenvalue weighted by Crippen LogP contribution is 2.28. The molecule has 0 fully saturated rings. The van der Waals surface area contributed by atoms with Crippen molar-refractivity contribution in [1.82, 2.24) is 10.2 Å². The van der Waals surface area contributed by atoms with Gasteiger partial charge in [-0.05, 0) is 30.6 Å². The zero-order valence-electron chi connectivity index (χ0n) is 7.98. The van der Waals surface area contributed by atoms with Crippen LogP contribution in [0.2, 0.25) is 0 Å². The summed E-state index contributed by atoms with van der Waals surface area (Å²) in [4.78, 5) is 1.19. The molecule has 3 nitrogen and oxygen atoms in total. The second kappa shape index (κ2) is 4.78. The van der Waals surface area contributed by atoms with Gasteiger partial charge in [0.1, 0.15) is 0 Å². The highest BCUT2D eigenvalue weighted by molar-refractivity contribution is 7.98. The van der Waals surface area contributed by atoms with Crippen molar-refractivity contribution in [3.05, 3.63) is 28.2 Å². The number of para-hydroxylation sites is 1. The molecule has 0 aliphatic carbocycles. The Morgan fingerprint density at radius 1 is 1.47 bits per heavy atom. The largest absolute Gasteiger partial charge is 0.329 e. The molecule has 1 aromatic heterocycles.